The Kier molecular flexibility index (Phi) is 3.54. The van der Waals surface area contributed by atoms with Crippen molar-refractivity contribution in [3.63, 3.8) is 0 Å². The molecule has 0 atom stereocenters. The van der Waals surface area contributed by atoms with Gasteiger partial charge in [-0.1, -0.05) is 23.4 Å². The van der Waals surface area contributed by atoms with Crippen molar-refractivity contribution >= 4 is 34.4 Å². The molecule has 0 bridgehead atoms. The zero-order chi connectivity index (χ0) is 14.1. The summed E-state index contributed by atoms with van der Waals surface area (Å²) >= 11 is 7.61. The van der Waals surface area contributed by atoms with E-state index in [4.69, 9.17) is 11.6 Å². The highest BCUT2D eigenvalue weighted by atomic mass is 35.5. The quantitative estimate of drug-likeness (QED) is 0.420. The lowest BCUT2D eigenvalue weighted by Crippen LogP contribution is -1.98. The lowest BCUT2D eigenvalue weighted by Gasteiger charge is -2.02. The van der Waals surface area contributed by atoms with Crippen LogP contribution in [-0.4, -0.2) is 29.7 Å². The number of halogens is 1. The minimum atomic E-state index is 0.420. The topological polar surface area (TPSA) is 69.4 Å². The van der Waals surface area contributed by atoms with E-state index in [1.807, 2.05) is 14.0 Å². The van der Waals surface area contributed by atoms with Gasteiger partial charge in [0.25, 0.3) is 0 Å². The summed E-state index contributed by atoms with van der Waals surface area (Å²) in [5, 5.41) is 6.00. The zero-order valence-corrected chi connectivity index (χ0v) is 12.5. The molecule has 0 unspecified atom stereocenters. The fourth-order valence-corrected chi connectivity index (χ4v) is 2.55. The number of aryl methyl sites for hydroxylation is 2. The normalized spacial score (nSPS) is 11.2. The Bertz CT molecular complexity index is 754. The summed E-state index contributed by atoms with van der Waals surface area (Å²) in [7, 11) is 1.83. The van der Waals surface area contributed by atoms with Gasteiger partial charge in [0.05, 0.1) is 17.3 Å². The summed E-state index contributed by atoms with van der Waals surface area (Å²) in [4.78, 5) is 17.2. The molecular weight excluding hydrogens is 296 g/mol. The smallest absolute Gasteiger partial charge is 0.187 e. The van der Waals surface area contributed by atoms with Crippen LogP contribution in [0.5, 0.6) is 0 Å². The molecule has 3 aromatic heterocycles. The number of thioether (sulfide) groups is 1. The van der Waals surface area contributed by atoms with Gasteiger partial charge in [0.1, 0.15) is 11.0 Å². The van der Waals surface area contributed by atoms with Crippen LogP contribution in [0.4, 0.5) is 0 Å². The van der Waals surface area contributed by atoms with Gasteiger partial charge in [-0.15, -0.1) is 0 Å². The number of hydrogen-bond donors (Lipinski definition) is 0. The van der Waals surface area contributed by atoms with E-state index in [1.54, 1.807) is 23.3 Å². The van der Waals surface area contributed by atoms with Crippen LogP contribution in [0.2, 0.25) is 5.15 Å². The third-order valence-corrected chi connectivity index (χ3v) is 3.84. The summed E-state index contributed by atoms with van der Waals surface area (Å²) in [6, 6.07) is 0. The first-order chi connectivity index (χ1) is 9.63. The summed E-state index contributed by atoms with van der Waals surface area (Å²) in [6.45, 7) is 1.95. The molecule has 6 nitrogen and oxygen atoms in total. The number of aromatic nitrogens is 6. The summed E-state index contributed by atoms with van der Waals surface area (Å²) < 4.78 is 1.68. The van der Waals surface area contributed by atoms with Crippen LogP contribution in [0.15, 0.2) is 23.7 Å². The van der Waals surface area contributed by atoms with Crippen LogP contribution >= 0.6 is 23.4 Å². The highest BCUT2D eigenvalue weighted by molar-refractivity contribution is 7.98. The van der Waals surface area contributed by atoms with Gasteiger partial charge in [-0.25, -0.2) is 19.9 Å². The van der Waals surface area contributed by atoms with Gasteiger partial charge < -0.3 is 0 Å². The molecule has 3 rings (SSSR count). The molecule has 0 amide bonds. The van der Waals surface area contributed by atoms with Crippen molar-refractivity contribution in [2.24, 2.45) is 7.05 Å². The lowest BCUT2D eigenvalue weighted by atomic mass is 10.4. The average molecular weight is 307 g/mol. The molecule has 3 aromatic rings. The predicted molar refractivity (Wildman–Crippen MR) is 77.6 cm³/mol. The van der Waals surface area contributed by atoms with Crippen LogP contribution in [-0.2, 0) is 12.8 Å². The molecule has 0 N–H and O–H groups in total. The van der Waals surface area contributed by atoms with Crippen LogP contribution in [0.1, 0.15) is 11.4 Å². The Morgan fingerprint density at radius 2 is 1.95 bits per heavy atom. The zero-order valence-electron chi connectivity index (χ0n) is 10.9. The standard InChI is InChI=1S/C12H11ClN6S/c1-7-3-14-12(15-4-7)20-6-9-17-10(13)8-5-16-19(2)11(8)18-9/h3-5H,6H2,1-2H3. The fraction of sp³-hybridized carbons (Fsp3) is 0.250. The van der Waals surface area contributed by atoms with E-state index >= 15 is 0 Å². The van der Waals surface area contributed by atoms with Gasteiger partial charge in [-0.05, 0) is 12.5 Å². The van der Waals surface area contributed by atoms with Crippen LogP contribution in [0.3, 0.4) is 0 Å². The monoisotopic (exact) mass is 306 g/mol. The van der Waals surface area contributed by atoms with Crippen molar-refractivity contribution < 1.29 is 0 Å². The van der Waals surface area contributed by atoms with E-state index in [-0.39, 0.29) is 0 Å². The number of fused-ring (bicyclic) bond motifs is 1. The SMILES string of the molecule is Cc1cnc(SCc2nc(Cl)c3cnn(C)c3n2)nc1. The number of hydrogen-bond acceptors (Lipinski definition) is 6. The van der Waals surface area contributed by atoms with E-state index in [9.17, 15) is 0 Å². The van der Waals surface area contributed by atoms with E-state index in [1.165, 1.54) is 11.8 Å². The van der Waals surface area contributed by atoms with Crippen molar-refractivity contribution in [1.82, 2.24) is 29.7 Å². The van der Waals surface area contributed by atoms with Gasteiger partial charge in [0, 0.05) is 19.4 Å². The van der Waals surface area contributed by atoms with Crippen molar-refractivity contribution in [3.05, 3.63) is 35.1 Å². The van der Waals surface area contributed by atoms with E-state index in [0.29, 0.717) is 21.9 Å². The molecule has 0 spiro atoms. The molecule has 8 heteroatoms. The van der Waals surface area contributed by atoms with E-state index in [2.05, 4.69) is 25.0 Å². The highest BCUT2D eigenvalue weighted by Crippen LogP contribution is 2.22. The summed E-state index contributed by atoms with van der Waals surface area (Å²) in [6.07, 6.45) is 5.23. The first kappa shape index (κ1) is 13.3. The Labute approximate surface area is 124 Å². The van der Waals surface area contributed by atoms with Crippen LogP contribution in [0, 0.1) is 6.92 Å². The Balaban J connectivity index is 1.83. The molecule has 3 heterocycles. The summed E-state index contributed by atoms with van der Waals surface area (Å²) in [5.74, 6) is 1.20. The molecule has 0 aliphatic heterocycles. The Morgan fingerprint density at radius 1 is 1.20 bits per heavy atom. The van der Waals surface area contributed by atoms with E-state index in [0.717, 1.165) is 16.6 Å². The minimum Gasteiger partial charge on any atom is -0.250 e. The molecule has 0 saturated heterocycles. The second kappa shape index (κ2) is 5.34. The second-order valence-electron chi connectivity index (χ2n) is 4.27. The largest absolute Gasteiger partial charge is 0.250 e. The lowest BCUT2D eigenvalue weighted by molar-refractivity contribution is 0.782. The van der Waals surface area contributed by atoms with E-state index < -0.39 is 0 Å². The van der Waals surface area contributed by atoms with Gasteiger partial charge >= 0.3 is 0 Å². The van der Waals surface area contributed by atoms with Crippen molar-refractivity contribution in [2.75, 3.05) is 0 Å². The van der Waals surface area contributed by atoms with Gasteiger partial charge in [0.15, 0.2) is 10.8 Å². The molecule has 0 aromatic carbocycles. The Hall–Kier alpha value is -1.73. The first-order valence-electron chi connectivity index (χ1n) is 5.89. The summed E-state index contributed by atoms with van der Waals surface area (Å²) in [5.41, 5.74) is 1.76. The molecule has 0 aliphatic carbocycles. The number of nitrogens with zero attached hydrogens (tertiary/aromatic N) is 6. The Morgan fingerprint density at radius 3 is 2.70 bits per heavy atom. The van der Waals surface area contributed by atoms with Crippen molar-refractivity contribution in [2.45, 2.75) is 17.8 Å². The maximum Gasteiger partial charge on any atom is 0.187 e. The van der Waals surface area contributed by atoms with Crippen molar-refractivity contribution in [3.8, 4) is 0 Å². The van der Waals surface area contributed by atoms with Gasteiger partial charge in [0.2, 0.25) is 0 Å². The molecule has 102 valence electrons. The maximum absolute atomic E-state index is 6.13. The molecular formula is C12H11ClN6S. The molecule has 0 radical (unpaired) electrons. The third-order valence-electron chi connectivity index (χ3n) is 2.68. The van der Waals surface area contributed by atoms with Crippen LogP contribution < -0.4 is 0 Å². The average Bonchev–Trinajstić information content (AvgIpc) is 2.81. The maximum atomic E-state index is 6.13. The van der Waals surface area contributed by atoms with Gasteiger partial charge in [-0.2, -0.15) is 5.10 Å². The molecule has 20 heavy (non-hydrogen) atoms. The van der Waals surface area contributed by atoms with Crippen molar-refractivity contribution in [1.29, 1.82) is 0 Å². The minimum absolute atomic E-state index is 0.420. The highest BCUT2D eigenvalue weighted by Gasteiger charge is 2.10. The predicted octanol–water partition coefficient (Wildman–Crippen LogP) is 2.41. The second-order valence-corrected chi connectivity index (χ2v) is 5.57. The third kappa shape index (κ3) is 2.59. The molecule has 0 fully saturated rings. The van der Waals surface area contributed by atoms with Crippen LogP contribution in [0.25, 0.3) is 11.0 Å². The number of rotatable bonds is 3. The fourth-order valence-electron chi connectivity index (χ4n) is 1.68. The molecule has 0 saturated carbocycles. The molecule has 0 aliphatic rings. The van der Waals surface area contributed by atoms with Gasteiger partial charge in [-0.3, -0.25) is 4.68 Å². The first-order valence-corrected chi connectivity index (χ1v) is 7.25.